The number of nitro groups is 1. The number of ether oxygens (including phenoxy) is 1. The van der Waals surface area contributed by atoms with Gasteiger partial charge in [0.15, 0.2) is 11.2 Å². The molecule has 3 rings (SSSR count). The molecule has 116 valence electrons. The highest BCUT2D eigenvalue weighted by molar-refractivity contribution is 5.94. The molecule has 2 aromatic rings. The molecule has 1 aliphatic carbocycles. The smallest absolute Gasteiger partial charge is 0.338 e. The lowest BCUT2D eigenvalue weighted by molar-refractivity contribution is -0.419. The van der Waals surface area contributed by atoms with Crippen LogP contribution in [-0.4, -0.2) is 28.0 Å². The molecule has 0 unspecified atom stereocenters. The summed E-state index contributed by atoms with van der Waals surface area (Å²) in [6, 6.07) is 3.43. The van der Waals surface area contributed by atoms with Gasteiger partial charge in [0.05, 0.1) is 17.6 Å². The van der Waals surface area contributed by atoms with Crippen LogP contribution in [0.4, 0.5) is 0 Å². The fraction of sp³-hybridized carbons (Fsp3) is 0.133. The molecule has 0 saturated carbocycles. The number of carbonyl (C=O) groups is 1. The number of methoxy groups -OCH3 is 1. The zero-order chi connectivity index (χ0) is 16.4. The number of allylic oxidation sites excluding steroid dienone is 3. The second-order valence-electron chi connectivity index (χ2n) is 4.70. The minimum Gasteiger partial charge on any atom is -0.465 e. The Hall–Kier alpha value is -3.29. The van der Waals surface area contributed by atoms with Crippen molar-refractivity contribution in [3.63, 3.8) is 0 Å². The van der Waals surface area contributed by atoms with Crippen LogP contribution in [0.3, 0.4) is 0 Å². The number of nitrogens with zero attached hydrogens (tertiary/aromatic N) is 3. The second kappa shape index (κ2) is 5.84. The second-order valence-corrected chi connectivity index (χ2v) is 4.70. The van der Waals surface area contributed by atoms with Crippen molar-refractivity contribution in [2.24, 2.45) is 0 Å². The first-order valence-electron chi connectivity index (χ1n) is 6.65. The van der Waals surface area contributed by atoms with Crippen LogP contribution in [0.1, 0.15) is 12.3 Å². The predicted molar refractivity (Wildman–Crippen MR) is 79.6 cm³/mol. The molecule has 2 aromatic heterocycles. The average molecular weight is 313 g/mol. The summed E-state index contributed by atoms with van der Waals surface area (Å²) in [5, 5.41) is 11.0. The number of oxazole rings is 1. The van der Waals surface area contributed by atoms with Crippen molar-refractivity contribution in [2.45, 2.75) is 6.42 Å². The van der Waals surface area contributed by atoms with Crippen molar-refractivity contribution in [1.29, 1.82) is 0 Å². The van der Waals surface area contributed by atoms with Gasteiger partial charge >= 0.3 is 5.97 Å². The minimum absolute atomic E-state index is 0.0539. The van der Waals surface area contributed by atoms with E-state index in [1.165, 1.54) is 25.3 Å². The Morgan fingerprint density at radius 3 is 2.96 bits per heavy atom. The Kier molecular flexibility index (Phi) is 3.71. The maximum Gasteiger partial charge on any atom is 0.338 e. The molecule has 0 radical (unpaired) electrons. The van der Waals surface area contributed by atoms with Crippen LogP contribution in [0.2, 0.25) is 0 Å². The molecule has 1 aliphatic rings. The van der Waals surface area contributed by atoms with Gasteiger partial charge in [-0.3, -0.25) is 10.1 Å². The monoisotopic (exact) mass is 313 g/mol. The van der Waals surface area contributed by atoms with Gasteiger partial charge in [0.25, 0.3) is 5.70 Å². The van der Waals surface area contributed by atoms with Crippen LogP contribution in [0.25, 0.3) is 16.8 Å². The molecule has 0 N–H and O–H groups in total. The van der Waals surface area contributed by atoms with Gasteiger partial charge in [0, 0.05) is 24.3 Å². The normalized spacial score (nSPS) is 14.6. The number of carbonyl (C=O) groups excluding carboxylic acids is 1. The zero-order valence-corrected chi connectivity index (χ0v) is 12.1. The van der Waals surface area contributed by atoms with E-state index >= 15 is 0 Å². The quantitative estimate of drug-likeness (QED) is 0.485. The fourth-order valence-corrected chi connectivity index (χ4v) is 2.14. The van der Waals surface area contributed by atoms with Crippen LogP contribution in [-0.2, 0) is 9.53 Å². The highest BCUT2D eigenvalue weighted by Crippen LogP contribution is 2.27. The molecule has 8 heteroatoms. The highest BCUT2D eigenvalue weighted by atomic mass is 16.6. The Labute approximate surface area is 129 Å². The molecule has 0 atom stereocenters. The lowest BCUT2D eigenvalue weighted by atomic mass is 10.1. The SMILES string of the molecule is COC(=O)C1=CC([N+](=O)[O-])=CCC(c2nc3ncccc3o2)=C1. The molecule has 0 spiro atoms. The fourth-order valence-electron chi connectivity index (χ4n) is 2.14. The van der Waals surface area contributed by atoms with E-state index in [0.717, 1.165) is 0 Å². The molecular formula is C15H11N3O5. The highest BCUT2D eigenvalue weighted by Gasteiger charge is 2.21. The van der Waals surface area contributed by atoms with E-state index in [0.29, 0.717) is 16.8 Å². The first-order chi connectivity index (χ1) is 11.1. The van der Waals surface area contributed by atoms with Crippen molar-refractivity contribution in [3.05, 3.63) is 63.8 Å². The van der Waals surface area contributed by atoms with Crippen molar-refractivity contribution in [1.82, 2.24) is 9.97 Å². The molecule has 0 bridgehead atoms. The first kappa shape index (κ1) is 14.6. The number of fused-ring (bicyclic) bond motifs is 1. The summed E-state index contributed by atoms with van der Waals surface area (Å²) in [6.45, 7) is 0. The molecule has 0 aliphatic heterocycles. The molecular weight excluding hydrogens is 302 g/mol. The van der Waals surface area contributed by atoms with Crippen LogP contribution in [0, 0.1) is 10.1 Å². The number of esters is 1. The van der Waals surface area contributed by atoms with Gasteiger partial charge in [-0.2, -0.15) is 4.98 Å². The summed E-state index contributed by atoms with van der Waals surface area (Å²) in [5.74, 6) is -0.416. The maximum absolute atomic E-state index is 11.8. The molecule has 8 nitrogen and oxygen atoms in total. The minimum atomic E-state index is -0.675. The molecule has 23 heavy (non-hydrogen) atoms. The van der Waals surface area contributed by atoms with Gasteiger partial charge in [0.1, 0.15) is 0 Å². The lowest BCUT2D eigenvalue weighted by Gasteiger charge is -2.00. The van der Waals surface area contributed by atoms with Crippen molar-refractivity contribution in [3.8, 4) is 0 Å². The molecule has 0 amide bonds. The maximum atomic E-state index is 11.8. The third-order valence-corrected chi connectivity index (χ3v) is 3.24. The summed E-state index contributed by atoms with van der Waals surface area (Å²) in [4.78, 5) is 30.6. The Morgan fingerprint density at radius 1 is 1.43 bits per heavy atom. The van der Waals surface area contributed by atoms with E-state index in [1.807, 2.05) is 0 Å². The largest absolute Gasteiger partial charge is 0.465 e. The van der Waals surface area contributed by atoms with E-state index in [-0.39, 0.29) is 23.6 Å². The summed E-state index contributed by atoms with van der Waals surface area (Å²) < 4.78 is 10.3. The third kappa shape index (κ3) is 2.86. The third-order valence-electron chi connectivity index (χ3n) is 3.24. The van der Waals surface area contributed by atoms with Crippen LogP contribution in [0.5, 0.6) is 0 Å². The summed E-state index contributed by atoms with van der Waals surface area (Å²) in [6.07, 6.45) is 5.81. The van der Waals surface area contributed by atoms with Gasteiger partial charge in [-0.25, -0.2) is 9.78 Å². The van der Waals surface area contributed by atoms with Gasteiger partial charge in [-0.05, 0) is 24.3 Å². The van der Waals surface area contributed by atoms with Gasteiger partial charge < -0.3 is 9.15 Å². The van der Waals surface area contributed by atoms with E-state index < -0.39 is 10.9 Å². The lowest BCUT2D eigenvalue weighted by Crippen LogP contribution is -2.05. The average Bonchev–Trinajstić information content (AvgIpc) is 2.85. The summed E-state index contributed by atoms with van der Waals surface area (Å²) in [5.41, 5.74) is 1.31. The number of aromatic nitrogens is 2. The van der Waals surface area contributed by atoms with Crippen LogP contribution < -0.4 is 0 Å². The van der Waals surface area contributed by atoms with Crippen molar-refractivity contribution < 1.29 is 18.9 Å². The van der Waals surface area contributed by atoms with E-state index in [2.05, 4.69) is 14.7 Å². The number of pyridine rings is 1. The van der Waals surface area contributed by atoms with Crippen LogP contribution in [0.15, 0.2) is 52.2 Å². The molecule has 0 saturated heterocycles. The Morgan fingerprint density at radius 2 is 2.26 bits per heavy atom. The van der Waals surface area contributed by atoms with E-state index in [1.54, 1.807) is 18.3 Å². The van der Waals surface area contributed by atoms with Gasteiger partial charge in [0.2, 0.25) is 5.89 Å². The number of hydrogen-bond donors (Lipinski definition) is 0. The van der Waals surface area contributed by atoms with Crippen molar-refractivity contribution in [2.75, 3.05) is 7.11 Å². The van der Waals surface area contributed by atoms with E-state index in [9.17, 15) is 14.9 Å². The number of rotatable bonds is 3. The topological polar surface area (TPSA) is 108 Å². The summed E-state index contributed by atoms with van der Waals surface area (Å²) in [7, 11) is 1.21. The van der Waals surface area contributed by atoms with Gasteiger partial charge in [-0.15, -0.1) is 0 Å². The number of hydrogen-bond acceptors (Lipinski definition) is 7. The van der Waals surface area contributed by atoms with Crippen molar-refractivity contribution >= 4 is 22.8 Å². The Balaban J connectivity index is 2.07. The van der Waals surface area contributed by atoms with E-state index in [4.69, 9.17) is 4.42 Å². The summed E-state index contributed by atoms with van der Waals surface area (Å²) >= 11 is 0. The zero-order valence-electron chi connectivity index (χ0n) is 12.1. The molecule has 0 aromatic carbocycles. The van der Waals surface area contributed by atoms with Gasteiger partial charge in [-0.1, -0.05) is 0 Å². The molecule has 0 fully saturated rings. The Bertz CT molecular complexity index is 858. The van der Waals surface area contributed by atoms with Crippen LogP contribution >= 0.6 is 0 Å². The standard InChI is InChI=1S/C15H11N3O5/c1-22-15(19)10-7-9(4-5-11(8-10)18(20)21)14-17-13-12(23-14)3-2-6-16-13/h2-3,5-8H,4H2,1H3. The predicted octanol–water partition coefficient (Wildman–Crippen LogP) is 2.27. The first-order valence-corrected chi connectivity index (χ1v) is 6.65. The molecule has 2 heterocycles.